The molecule has 2 nitrogen and oxygen atoms in total. The summed E-state index contributed by atoms with van der Waals surface area (Å²) in [5, 5.41) is 0. The fraction of sp³-hybridized carbons (Fsp3) is 0.625. The maximum absolute atomic E-state index is 5.97. The average molecular weight is 248 g/mol. The summed E-state index contributed by atoms with van der Waals surface area (Å²) < 4.78 is 0. The molecule has 18 heavy (non-hydrogen) atoms. The molecule has 102 valence electrons. The number of nitrogens with zero attached hydrogens (tertiary/aromatic N) is 1. The molecule has 0 aliphatic heterocycles. The lowest BCUT2D eigenvalue weighted by molar-refractivity contribution is 0.142. The van der Waals surface area contributed by atoms with Crippen molar-refractivity contribution in [2.24, 2.45) is 11.1 Å². The molecule has 2 N–H and O–H groups in total. The van der Waals surface area contributed by atoms with Gasteiger partial charge in [0.25, 0.3) is 0 Å². The number of aryl methyl sites for hydroxylation is 1. The van der Waals surface area contributed by atoms with Crippen molar-refractivity contribution < 1.29 is 0 Å². The van der Waals surface area contributed by atoms with Crippen LogP contribution >= 0.6 is 0 Å². The van der Waals surface area contributed by atoms with Gasteiger partial charge in [-0.3, -0.25) is 0 Å². The van der Waals surface area contributed by atoms with Crippen molar-refractivity contribution in [3.8, 4) is 0 Å². The zero-order chi connectivity index (χ0) is 14.1. The van der Waals surface area contributed by atoms with Crippen LogP contribution in [0.2, 0.25) is 0 Å². The molecule has 0 saturated carbocycles. The second-order valence-corrected chi connectivity index (χ2v) is 6.28. The van der Waals surface area contributed by atoms with Crippen LogP contribution in [0, 0.1) is 26.2 Å². The lowest BCUT2D eigenvalue weighted by atomic mass is 9.77. The van der Waals surface area contributed by atoms with Crippen LogP contribution in [0.3, 0.4) is 0 Å². The monoisotopic (exact) mass is 248 g/mol. The SMILES string of the molecule is Cc1ccc(C(N(C)C)C(C)(C)CN)c(C)c1C. The van der Waals surface area contributed by atoms with E-state index in [0.717, 1.165) is 0 Å². The Labute approximate surface area is 112 Å². The summed E-state index contributed by atoms with van der Waals surface area (Å²) in [6.45, 7) is 11.8. The fourth-order valence-electron chi connectivity index (χ4n) is 2.78. The second kappa shape index (κ2) is 5.41. The highest BCUT2D eigenvalue weighted by Gasteiger charge is 2.32. The van der Waals surface area contributed by atoms with Gasteiger partial charge in [0.15, 0.2) is 0 Å². The molecule has 1 aromatic carbocycles. The molecule has 1 atom stereocenters. The van der Waals surface area contributed by atoms with Crippen LogP contribution in [0.5, 0.6) is 0 Å². The van der Waals surface area contributed by atoms with Crippen LogP contribution in [-0.4, -0.2) is 25.5 Å². The predicted molar refractivity (Wildman–Crippen MR) is 79.9 cm³/mol. The molecule has 0 aliphatic carbocycles. The molecular weight excluding hydrogens is 220 g/mol. The van der Waals surface area contributed by atoms with E-state index in [1.807, 2.05) is 0 Å². The first-order valence-electron chi connectivity index (χ1n) is 6.65. The quantitative estimate of drug-likeness (QED) is 0.886. The highest BCUT2D eigenvalue weighted by molar-refractivity contribution is 5.41. The first kappa shape index (κ1) is 15.2. The summed E-state index contributed by atoms with van der Waals surface area (Å²) in [7, 11) is 4.27. The van der Waals surface area contributed by atoms with Crippen molar-refractivity contribution in [2.45, 2.75) is 40.7 Å². The summed E-state index contributed by atoms with van der Waals surface area (Å²) >= 11 is 0. The largest absolute Gasteiger partial charge is 0.330 e. The van der Waals surface area contributed by atoms with E-state index in [0.29, 0.717) is 12.6 Å². The zero-order valence-electron chi connectivity index (χ0n) is 13.0. The standard InChI is InChI=1S/C16H28N2/c1-11-8-9-14(13(3)12(11)2)15(18(6)7)16(4,5)10-17/h8-9,15H,10,17H2,1-7H3. The van der Waals surface area contributed by atoms with Crippen molar-refractivity contribution in [3.63, 3.8) is 0 Å². The summed E-state index contributed by atoms with van der Waals surface area (Å²) in [6, 6.07) is 4.84. The molecule has 1 rings (SSSR count). The van der Waals surface area contributed by atoms with E-state index in [9.17, 15) is 0 Å². The lowest BCUT2D eigenvalue weighted by Gasteiger charge is -2.39. The van der Waals surface area contributed by atoms with Crippen molar-refractivity contribution in [1.82, 2.24) is 4.90 Å². The highest BCUT2D eigenvalue weighted by atomic mass is 15.1. The normalized spacial score (nSPS) is 14.1. The van der Waals surface area contributed by atoms with E-state index in [4.69, 9.17) is 5.73 Å². The molecular formula is C16H28N2. The van der Waals surface area contributed by atoms with E-state index in [1.54, 1.807) is 0 Å². The van der Waals surface area contributed by atoms with Crippen molar-refractivity contribution in [3.05, 3.63) is 34.4 Å². The Kier molecular flexibility index (Phi) is 4.57. The Balaban J connectivity index is 3.36. The summed E-state index contributed by atoms with van der Waals surface area (Å²) in [4.78, 5) is 2.28. The number of hydrogen-bond donors (Lipinski definition) is 1. The molecule has 0 saturated heterocycles. The van der Waals surface area contributed by atoms with Gasteiger partial charge in [-0.2, -0.15) is 0 Å². The molecule has 1 aromatic rings. The Morgan fingerprint density at radius 1 is 1.11 bits per heavy atom. The molecule has 0 radical (unpaired) electrons. The van der Waals surface area contributed by atoms with Gasteiger partial charge in [0.1, 0.15) is 0 Å². The third kappa shape index (κ3) is 2.76. The summed E-state index contributed by atoms with van der Waals surface area (Å²) in [6.07, 6.45) is 0. The summed E-state index contributed by atoms with van der Waals surface area (Å²) in [5.74, 6) is 0. The highest BCUT2D eigenvalue weighted by Crippen LogP contribution is 2.38. The van der Waals surface area contributed by atoms with Crippen LogP contribution in [0.4, 0.5) is 0 Å². The number of benzene rings is 1. The van der Waals surface area contributed by atoms with Gasteiger partial charge in [0.05, 0.1) is 0 Å². The van der Waals surface area contributed by atoms with E-state index in [-0.39, 0.29) is 5.41 Å². The molecule has 0 spiro atoms. The zero-order valence-corrected chi connectivity index (χ0v) is 13.0. The first-order chi connectivity index (χ1) is 8.22. The Bertz CT molecular complexity index is 419. The molecule has 1 unspecified atom stereocenters. The van der Waals surface area contributed by atoms with E-state index >= 15 is 0 Å². The van der Waals surface area contributed by atoms with Crippen LogP contribution in [-0.2, 0) is 0 Å². The molecule has 2 heteroatoms. The maximum atomic E-state index is 5.97. The van der Waals surface area contributed by atoms with Gasteiger partial charge >= 0.3 is 0 Å². The third-order valence-electron chi connectivity index (χ3n) is 4.18. The topological polar surface area (TPSA) is 29.3 Å². The smallest absolute Gasteiger partial charge is 0.0407 e. The van der Waals surface area contributed by atoms with Gasteiger partial charge in [-0.25, -0.2) is 0 Å². The van der Waals surface area contributed by atoms with E-state index < -0.39 is 0 Å². The molecule has 0 amide bonds. The lowest BCUT2D eigenvalue weighted by Crippen LogP contribution is -2.39. The Hall–Kier alpha value is -0.860. The van der Waals surface area contributed by atoms with Crippen LogP contribution in [0.25, 0.3) is 0 Å². The Morgan fingerprint density at radius 3 is 2.11 bits per heavy atom. The van der Waals surface area contributed by atoms with Crippen LogP contribution in [0.1, 0.15) is 42.1 Å². The number of nitrogens with two attached hydrogens (primary N) is 1. The number of hydrogen-bond acceptors (Lipinski definition) is 2. The van der Waals surface area contributed by atoms with Crippen LogP contribution < -0.4 is 5.73 Å². The minimum Gasteiger partial charge on any atom is -0.330 e. The second-order valence-electron chi connectivity index (χ2n) is 6.28. The number of rotatable bonds is 4. The fourth-order valence-corrected chi connectivity index (χ4v) is 2.78. The molecule has 0 bridgehead atoms. The van der Waals surface area contributed by atoms with Gasteiger partial charge in [0, 0.05) is 6.04 Å². The molecule has 0 aliphatic rings. The van der Waals surface area contributed by atoms with Crippen LogP contribution in [0.15, 0.2) is 12.1 Å². The summed E-state index contributed by atoms with van der Waals surface area (Å²) in [5.41, 5.74) is 11.6. The van der Waals surface area contributed by atoms with Gasteiger partial charge in [-0.15, -0.1) is 0 Å². The van der Waals surface area contributed by atoms with E-state index in [2.05, 4.69) is 65.7 Å². The van der Waals surface area contributed by atoms with Gasteiger partial charge < -0.3 is 10.6 Å². The predicted octanol–water partition coefficient (Wildman–Crippen LogP) is 3.20. The molecule has 0 aromatic heterocycles. The van der Waals surface area contributed by atoms with Crippen molar-refractivity contribution >= 4 is 0 Å². The Morgan fingerprint density at radius 2 is 1.67 bits per heavy atom. The third-order valence-corrected chi connectivity index (χ3v) is 4.18. The first-order valence-corrected chi connectivity index (χ1v) is 6.65. The minimum atomic E-state index is 0.0654. The minimum absolute atomic E-state index is 0.0654. The van der Waals surface area contributed by atoms with Gasteiger partial charge in [-0.1, -0.05) is 26.0 Å². The maximum Gasteiger partial charge on any atom is 0.0407 e. The van der Waals surface area contributed by atoms with Crippen molar-refractivity contribution in [1.29, 1.82) is 0 Å². The molecule has 0 heterocycles. The van der Waals surface area contributed by atoms with Crippen molar-refractivity contribution in [2.75, 3.05) is 20.6 Å². The van der Waals surface area contributed by atoms with Gasteiger partial charge in [-0.05, 0) is 69.1 Å². The molecule has 0 fully saturated rings. The van der Waals surface area contributed by atoms with E-state index in [1.165, 1.54) is 22.3 Å². The average Bonchev–Trinajstić information content (AvgIpc) is 2.29. The van der Waals surface area contributed by atoms with Gasteiger partial charge in [0.2, 0.25) is 0 Å².